The molecular weight excluding hydrogens is 275 g/mol. The molecule has 0 unspecified atom stereocenters. The first kappa shape index (κ1) is 10.7. The van der Waals surface area contributed by atoms with Gasteiger partial charge in [-0.2, -0.15) is 0 Å². The van der Waals surface area contributed by atoms with E-state index in [0.29, 0.717) is 6.61 Å². The van der Waals surface area contributed by atoms with Gasteiger partial charge in [-0.15, -0.1) is 0 Å². The van der Waals surface area contributed by atoms with Crippen LogP contribution in [0.2, 0.25) is 0 Å². The second-order valence-corrected chi connectivity index (χ2v) is 3.56. The molecule has 0 saturated carbocycles. The lowest BCUT2D eigenvalue weighted by atomic mass is 10.2. The van der Waals surface area contributed by atoms with Crippen LogP contribution >= 0.6 is 22.6 Å². The maximum Gasteiger partial charge on any atom is 0.0721 e. The van der Waals surface area contributed by atoms with Gasteiger partial charge in [-0.1, -0.05) is 52.9 Å². The highest BCUT2D eigenvalue weighted by Gasteiger charge is 1.91. The Balaban J connectivity index is 2.28. The Morgan fingerprint density at radius 3 is 2.69 bits per heavy atom. The molecule has 0 aromatic heterocycles. The van der Waals surface area contributed by atoms with Crippen LogP contribution in [-0.4, -0.2) is 6.61 Å². The third-order valence-corrected chi connectivity index (χ3v) is 2.69. The number of rotatable bonds is 4. The van der Waals surface area contributed by atoms with Crippen molar-refractivity contribution < 1.29 is 4.74 Å². The van der Waals surface area contributed by atoms with Crippen LogP contribution in [0.15, 0.2) is 40.0 Å². The molecule has 0 bridgehead atoms. The quantitative estimate of drug-likeness (QED) is 0.770. The average Bonchev–Trinajstić information content (AvgIpc) is 2.19. The Bertz CT molecular complexity index is 267. The van der Waals surface area contributed by atoms with Crippen LogP contribution in [-0.2, 0) is 11.3 Å². The van der Waals surface area contributed by atoms with Crippen molar-refractivity contribution in [2.75, 3.05) is 6.61 Å². The van der Waals surface area contributed by atoms with Crippen molar-refractivity contribution in [3.8, 4) is 0 Å². The van der Waals surface area contributed by atoms with E-state index >= 15 is 0 Å². The van der Waals surface area contributed by atoms with Gasteiger partial charge in [0.2, 0.25) is 0 Å². The summed E-state index contributed by atoms with van der Waals surface area (Å²) in [6, 6.07) is 10.2. The summed E-state index contributed by atoms with van der Waals surface area (Å²) >= 11 is 2.23. The summed E-state index contributed by atoms with van der Waals surface area (Å²) < 4.78 is 7.54. The minimum Gasteiger partial charge on any atom is -0.372 e. The van der Waals surface area contributed by atoms with E-state index in [1.165, 1.54) is 11.1 Å². The number of halogens is 1. The molecule has 0 aliphatic carbocycles. The molecule has 0 atom stereocenters. The summed E-state index contributed by atoms with van der Waals surface area (Å²) in [6.07, 6.45) is 0. The molecule has 0 heterocycles. The van der Waals surface area contributed by atoms with E-state index in [4.69, 9.17) is 4.74 Å². The highest BCUT2D eigenvalue weighted by Crippen LogP contribution is 2.03. The van der Waals surface area contributed by atoms with E-state index in [1.54, 1.807) is 0 Å². The molecule has 70 valence electrons. The van der Waals surface area contributed by atoms with Gasteiger partial charge in [-0.25, -0.2) is 0 Å². The standard InChI is InChI=1S/C11H13IO/c1-10(7-12)8-13-9-11-5-3-2-4-6-11/h2-7H,8-9H2,1H3/b10-7+. The molecule has 0 saturated heterocycles. The monoisotopic (exact) mass is 288 g/mol. The molecule has 1 rings (SSSR count). The second-order valence-electron chi connectivity index (χ2n) is 2.93. The van der Waals surface area contributed by atoms with Crippen LogP contribution < -0.4 is 0 Å². The van der Waals surface area contributed by atoms with Crippen molar-refractivity contribution in [1.29, 1.82) is 0 Å². The molecular formula is C11H13IO. The van der Waals surface area contributed by atoms with Gasteiger partial charge in [-0.05, 0) is 22.1 Å². The summed E-state index contributed by atoms with van der Waals surface area (Å²) in [5.41, 5.74) is 2.49. The maximum atomic E-state index is 5.50. The SMILES string of the molecule is C/C(=C\I)COCc1ccccc1. The van der Waals surface area contributed by atoms with E-state index in [0.717, 1.165) is 6.61 Å². The smallest absolute Gasteiger partial charge is 0.0721 e. The number of hydrogen-bond donors (Lipinski definition) is 0. The molecule has 0 spiro atoms. The predicted octanol–water partition coefficient (Wildman–Crippen LogP) is 3.54. The first-order valence-electron chi connectivity index (χ1n) is 4.20. The zero-order valence-electron chi connectivity index (χ0n) is 7.66. The lowest BCUT2D eigenvalue weighted by molar-refractivity contribution is 0.143. The van der Waals surface area contributed by atoms with Gasteiger partial charge in [0.05, 0.1) is 13.2 Å². The maximum absolute atomic E-state index is 5.50. The molecule has 1 nitrogen and oxygen atoms in total. The third-order valence-electron chi connectivity index (χ3n) is 1.63. The number of benzene rings is 1. The lowest BCUT2D eigenvalue weighted by Gasteiger charge is -2.03. The summed E-state index contributed by atoms with van der Waals surface area (Å²) in [7, 11) is 0. The Morgan fingerprint density at radius 2 is 2.08 bits per heavy atom. The summed E-state index contributed by atoms with van der Waals surface area (Å²) in [5.74, 6) is 0. The van der Waals surface area contributed by atoms with Crippen molar-refractivity contribution in [1.82, 2.24) is 0 Å². The van der Waals surface area contributed by atoms with Gasteiger partial charge >= 0.3 is 0 Å². The minimum absolute atomic E-state index is 0.697. The van der Waals surface area contributed by atoms with Crippen molar-refractivity contribution in [3.05, 3.63) is 45.6 Å². The molecule has 0 radical (unpaired) electrons. The molecule has 0 aliphatic heterocycles. The Labute approximate surface area is 92.9 Å². The molecule has 0 fully saturated rings. The molecule has 0 aliphatic rings. The van der Waals surface area contributed by atoms with Crippen LogP contribution in [0.5, 0.6) is 0 Å². The number of ether oxygens (including phenoxy) is 1. The van der Waals surface area contributed by atoms with Gasteiger partial charge in [0.15, 0.2) is 0 Å². The van der Waals surface area contributed by atoms with Gasteiger partial charge in [0.25, 0.3) is 0 Å². The first-order valence-corrected chi connectivity index (χ1v) is 5.45. The molecule has 2 heteroatoms. The zero-order chi connectivity index (χ0) is 9.52. The fourth-order valence-electron chi connectivity index (χ4n) is 0.936. The van der Waals surface area contributed by atoms with Crippen molar-refractivity contribution in [2.45, 2.75) is 13.5 Å². The van der Waals surface area contributed by atoms with Gasteiger partial charge in [-0.3, -0.25) is 0 Å². The predicted molar refractivity (Wildman–Crippen MR) is 63.9 cm³/mol. The topological polar surface area (TPSA) is 9.23 Å². The van der Waals surface area contributed by atoms with E-state index in [-0.39, 0.29) is 0 Å². The normalized spacial score (nSPS) is 11.7. The van der Waals surface area contributed by atoms with Gasteiger partial charge in [0, 0.05) is 0 Å². The highest BCUT2D eigenvalue weighted by molar-refractivity contribution is 14.1. The van der Waals surface area contributed by atoms with Gasteiger partial charge < -0.3 is 4.74 Å². The van der Waals surface area contributed by atoms with Crippen LogP contribution in [0, 0.1) is 0 Å². The van der Waals surface area contributed by atoms with E-state index in [1.807, 2.05) is 22.3 Å². The summed E-state index contributed by atoms with van der Waals surface area (Å²) in [6.45, 7) is 3.48. The molecule has 1 aromatic carbocycles. The summed E-state index contributed by atoms with van der Waals surface area (Å²) in [5, 5.41) is 0. The Kier molecular flexibility index (Phi) is 5.08. The van der Waals surface area contributed by atoms with Crippen LogP contribution in [0.4, 0.5) is 0 Å². The van der Waals surface area contributed by atoms with Gasteiger partial charge in [0.1, 0.15) is 0 Å². The first-order chi connectivity index (χ1) is 6.33. The fraction of sp³-hybridized carbons (Fsp3) is 0.273. The van der Waals surface area contributed by atoms with E-state index in [2.05, 4.69) is 41.6 Å². The van der Waals surface area contributed by atoms with E-state index in [9.17, 15) is 0 Å². The number of hydrogen-bond acceptors (Lipinski definition) is 1. The second kappa shape index (κ2) is 6.16. The third kappa shape index (κ3) is 4.43. The average molecular weight is 288 g/mol. The molecule has 13 heavy (non-hydrogen) atoms. The van der Waals surface area contributed by atoms with E-state index < -0.39 is 0 Å². The largest absolute Gasteiger partial charge is 0.372 e. The lowest BCUT2D eigenvalue weighted by Crippen LogP contribution is -1.95. The molecule has 0 N–H and O–H groups in total. The van der Waals surface area contributed by atoms with Crippen molar-refractivity contribution in [3.63, 3.8) is 0 Å². The van der Waals surface area contributed by atoms with Crippen molar-refractivity contribution >= 4 is 22.6 Å². The molecule has 1 aromatic rings. The highest BCUT2D eigenvalue weighted by atomic mass is 127. The summed E-state index contributed by atoms with van der Waals surface area (Å²) in [4.78, 5) is 0. The Morgan fingerprint density at radius 1 is 1.38 bits per heavy atom. The molecule has 0 amide bonds. The van der Waals surface area contributed by atoms with Crippen LogP contribution in [0.3, 0.4) is 0 Å². The Hall–Kier alpha value is -0.350. The minimum atomic E-state index is 0.697. The van der Waals surface area contributed by atoms with Crippen LogP contribution in [0.1, 0.15) is 12.5 Å². The fourth-order valence-corrected chi connectivity index (χ4v) is 1.12. The zero-order valence-corrected chi connectivity index (χ0v) is 9.82. The van der Waals surface area contributed by atoms with Crippen LogP contribution in [0.25, 0.3) is 0 Å². The van der Waals surface area contributed by atoms with Crippen molar-refractivity contribution in [2.24, 2.45) is 0 Å².